The molecule has 3 rings (SSSR count). The quantitative estimate of drug-likeness (QED) is 0.875. The Bertz CT molecular complexity index is 530. The van der Waals surface area contributed by atoms with Crippen LogP contribution in [0.4, 0.5) is 0 Å². The largest absolute Gasteiger partial charge is 0.310 e. The van der Waals surface area contributed by atoms with E-state index in [-0.39, 0.29) is 0 Å². The first kappa shape index (κ1) is 10.5. The van der Waals surface area contributed by atoms with Crippen molar-refractivity contribution in [2.75, 3.05) is 0 Å². The van der Waals surface area contributed by atoms with Crippen LogP contribution in [0.5, 0.6) is 0 Å². The van der Waals surface area contributed by atoms with E-state index in [2.05, 4.69) is 44.2 Å². The molecule has 1 aliphatic rings. The number of hydrogen-bond acceptors (Lipinski definition) is 3. The summed E-state index contributed by atoms with van der Waals surface area (Å²) in [5, 5.41) is 7.91. The molecule has 5 heteroatoms. The van der Waals surface area contributed by atoms with Crippen LogP contribution >= 0.6 is 22.6 Å². The van der Waals surface area contributed by atoms with Crippen LogP contribution in [-0.4, -0.2) is 20.6 Å². The van der Waals surface area contributed by atoms with Crippen LogP contribution in [0.15, 0.2) is 12.4 Å². The molecule has 1 saturated carbocycles. The van der Waals surface area contributed by atoms with Gasteiger partial charge in [-0.1, -0.05) is 0 Å². The molecule has 2 heterocycles. The number of halogens is 1. The second-order valence-corrected chi connectivity index (χ2v) is 5.36. The molecule has 16 heavy (non-hydrogen) atoms. The fourth-order valence-corrected chi connectivity index (χ4v) is 2.19. The zero-order valence-electron chi connectivity index (χ0n) is 9.07. The lowest BCUT2D eigenvalue weighted by Gasteiger charge is -2.02. The molecule has 1 aliphatic carbocycles. The van der Waals surface area contributed by atoms with Crippen molar-refractivity contribution < 1.29 is 0 Å². The second-order valence-electron chi connectivity index (χ2n) is 4.28. The van der Waals surface area contributed by atoms with Gasteiger partial charge < -0.3 is 5.32 Å². The highest BCUT2D eigenvalue weighted by atomic mass is 127. The smallest absolute Gasteiger partial charge is 0.168 e. The Hall–Kier alpha value is -0.690. The van der Waals surface area contributed by atoms with Crippen LogP contribution in [-0.2, 0) is 6.54 Å². The molecule has 1 N–H and O–H groups in total. The number of nitrogens with one attached hydrogen (secondary N) is 1. The van der Waals surface area contributed by atoms with Crippen LogP contribution in [0.2, 0.25) is 0 Å². The lowest BCUT2D eigenvalue weighted by molar-refractivity contribution is 0.680. The maximum atomic E-state index is 4.45. The van der Waals surface area contributed by atoms with Gasteiger partial charge in [0.25, 0.3) is 0 Å². The molecule has 2 aromatic rings. The molecule has 0 atom stereocenters. The first-order valence-electron chi connectivity index (χ1n) is 5.47. The summed E-state index contributed by atoms with van der Waals surface area (Å²) in [5.41, 5.74) is 3.19. The fraction of sp³-hybridized carbons (Fsp3) is 0.455. The Morgan fingerprint density at radius 1 is 1.56 bits per heavy atom. The van der Waals surface area contributed by atoms with Crippen molar-refractivity contribution in [1.29, 1.82) is 0 Å². The first-order valence-corrected chi connectivity index (χ1v) is 6.54. The number of aromatic nitrogens is 3. The van der Waals surface area contributed by atoms with Crippen LogP contribution in [0.25, 0.3) is 5.65 Å². The van der Waals surface area contributed by atoms with Crippen molar-refractivity contribution in [1.82, 2.24) is 19.9 Å². The lowest BCUT2D eigenvalue weighted by atomic mass is 10.3. The summed E-state index contributed by atoms with van der Waals surface area (Å²) in [7, 11) is 0. The average Bonchev–Trinajstić information content (AvgIpc) is 3.05. The zero-order chi connectivity index (χ0) is 11.1. The van der Waals surface area contributed by atoms with E-state index < -0.39 is 0 Å². The maximum absolute atomic E-state index is 4.45. The third kappa shape index (κ3) is 1.93. The van der Waals surface area contributed by atoms with Crippen molar-refractivity contribution in [2.45, 2.75) is 32.4 Å². The third-order valence-corrected chi connectivity index (χ3v) is 4.06. The van der Waals surface area contributed by atoms with Gasteiger partial charge in [0.1, 0.15) is 0 Å². The van der Waals surface area contributed by atoms with Gasteiger partial charge in [0.15, 0.2) is 5.65 Å². The molecule has 2 aromatic heterocycles. The molecular weight excluding hydrogens is 315 g/mol. The van der Waals surface area contributed by atoms with Crippen molar-refractivity contribution in [3.8, 4) is 0 Å². The number of nitrogens with zero attached hydrogens (tertiary/aromatic N) is 3. The van der Waals surface area contributed by atoms with Gasteiger partial charge in [-0.05, 0) is 42.4 Å². The fourth-order valence-electron chi connectivity index (χ4n) is 1.70. The minimum Gasteiger partial charge on any atom is -0.310 e. The zero-order valence-corrected chi connectivity index (χ0v) is 11.2. The Kier molecular flexibility index (Phi) is 2.59. The van der Waals surface area contributed by atoms with E-state index >= 15 is 0 Å². The van der Waals surface area contributed by atoms with Crippen LogP contribution in [0, 0.1) is 10.5 Å². The Morgan fingerprint density at radius 2 is 2.38 bits per heavy atom. The summed E-state index contributed by atoms with van der Waals surface area (Å²) in [6.45, 7) is 2.90. The molecular formula is C11H13IN4. The predicted octanol–water partition coefficient (Wildman–Crippen LogP) is 1.89. The van der Waals surface area contributed by atoms with Gasteiger partial charge in [-0.2, -0.15) is 5.10 Å². The maximum Gasteiger partial charge on any atom is 0.168 e. The van der Waals surface area contributed by atoms with Crippen molar-refractivity contribution in [3.05, 3.63) is 27.2 Å². The van der Waals surface area contributed by atoms with Gasteiger partial charge in [0.2, 0.25) is 0 Å². The summed E-state index contributed by atoms with van der Waals surface area (Å²) < 4.78 is 3.01. The van der Waals surface area contributed by atoms with E-state index in [0.717, 1.165) is 27.5 Å². The summed E-state index contributed by atoms with van der Waals surface area (Å²) in [6.07, 6.45) is 6.63. The second kappa shape index (κ2) is 3.96. The summed E-state index contributed by atoms with van der Waals surface area (Å²) in [6, 6.07) is 0.732. The Balaban J connectivity index is 1.89. The van der Waals surface area contributed by atoms with Crippen LogP contribution in [0.1, 0.15) is 24.1 Å². The molecule has 1 fully saturated rings. The molecule has 0 radical (unpaired) electrons. The molecule has 0 amide bonds. The number of aryl methyl sites for hydroxylation is 1. The van der Waals surface area contributed by atoms with E-state index in [1.807, 2.05) is 17.6 Å². The van der Waals surface area contributed by atoms with E-state index in [0.29, 0.717) is 0 Å². The summed E-state index contributed by atoms with van der Waals surface area (Å²) in [4.78, 5) is 4.45. The molecule has 0 aromatic carbocycles. The average molecular weight is 328 g/mol. The molecule has 4 nitrogen and oxygen atoms in total. The normalized spacial score (nSPS) is 15.9. The minimum atomic E-state index is 0.732. The molecule has 84 valence electrons. The molecule has 0 aliphatic heterocycles. The predicted molar refractivity (Wildman–Crippen MR) is 70.3 cm³/mol. The van der Waals surface area contributed by atoms with Gasteiger partial charge in [-0.15, -0.1) is 0 Å². The lowest BCUT2D eigenvalue weighted by Crippen LogP contribution is -2.15. The number of rotatable bonds is 3. The molecule has 0 unspecified atom stereocenters. The van der Waals surface area contributed by atoms with Gasteiger partial charge >= 0.3 is 0 Å². The highest BCUT2D eigenvalue weighted by molar-refractivity contribution is 14.1. The summed E-state index contributed by atoms with van der Waals surface area (Å²) in [5.74, 6) is 0. The van der Waals surface area contributed by atoms with Gasteiger partial charge in [0.05, 0.1) is 9.26 Å². The monoisotopic (exact) mass is 328 g/mol. The Morgan fingerprint density at radius 3 is 3.12 bits per heavy atom. The van der Waals surface area contributed by atoms with Crippen LogP contribution < -0.4 is 5.32 Å². The summed E-state index contributed by atoms with van der Waals surface area (Å²) >= 11 is 2.29. The first-order chi connectivity index (χ1) is 7.74. The van der Waals surface area contributed by atoms with Crippen molar-refractivity contribution >= 4 is 28.2 Å². The number of hydrogen-bond donors (Lipinski definition) is 1. The van der Waals surface area contributed by atoms with Crippen molar-refractivity contribution in [2.24, 2.45) is 0 Å². The minimum absolute atomic E-state index is 0.732. The third-order valence-electron chi connectivity index (χ3n) is 2.80. The van der Waals surface area contributed by atoms with E-state index in [4.69, 9.17) is 0 Å². The standard InChI is InChI=1S/C11H13IN4/c1-7-10(12)11-14-5-8(6-16(11)15-7)4-13-9-2-3-9/h5-6,9,13H,2-4H2,1H3. The highest BCUT2D eigenvalue weighted by Gasteiger charge is 2.20. The van der Waals surface area contributed by atoms with E-state index in [1.54, 1.807) is 0 Å². The van der Waals surface area contributed by atoms with E-state index in [9.17, 15) is 0 Å². The number of fused-ring (bicyclic) bond motifs is 1. The van der Waals surface area contributed by atoms with Gasteiger partial charge in [-0.25, -0.2) is 9.50 Å². The van der Waals surface area contributed by atoms with Crippen LogP contribution in [0.3, 0.4) is 0 Å². The van der Waals surface area contributed by atoms with E-state index in [1.165, 1.54) is 18.4 Å². The molecule has 0 spiro atoms. The highest BCUT2D eigenvalue weighted by Crippen LogP contribution is 2.19. The van der Waals surface area contributed by atoms with Gasteiger partial charge in [0, 0.05) is 30.5 Å². The topological polar surface area (TPSA) is 42.2 Å². The molecule has 0 bridgehead atoms. The Labute approximate surface area is 108 Å². The SMILES string of the molecule is Cc1nn2cc(CNC3CC3)cnc2c1I. The van der Waals surface area contributed by atoms with Crippen molar-refractivity contribution in [3.63, 3.8) is 0 Å². The van der Waals surface area contributed by atoms with Gasteiger partial charge in [-0.3, -0.25) is 0 Å². The molecule has 0 saturated heterocycles.